The van der Waals surface area contributed by atoms with Crippen LogP contribution in [0.15, 0.2) is 42.5 Å². The predicted molar refractivity (Wildman–Crippen MR) is 58.5 cm³/mol. The Labute approximate surface area is 100 Å². The number of hydrogen-bond acceptors (Lipinski definition) is 1. The van der Waals surface area contributed by atoms with E-state index < -0.39 is 17.6 Å². The van der Waals surface area contributed by atoms with Crippen LogP contribution >= 0.6 is 0 Å². The highest BCUT2D eigenvalue weighted by Gasteiger charge is 2.34. The van der Waals surface area contributed by atoms with Gasteiger partial charge in [0.1, 0.15) is 11.6 Å². The third kappa shape index (κ3) is 2.30. The highest BCUT2D eigenvalue weighted by atomic mass is 19.4. The van der Waals surface area contributed by atoms with E-state index in [4.69, 9.17) is 0 Å². The Kier molecular flexibility index (Phi) is 2.98. The van der Waals surface area contributed by atoms with Gasteiger partial charge in [0, 0.05) is 5.56 Å². The molecule has 1 N–H and O–H groups in total. The molecule has 2 aromatic rings. The quantitative estimate of drug-likeness (QED) is 0.757. The van der Waals surface area contributed by atoms with E-state index in [-0.39, 0.29) is 16.9 Å². The van der Waals surface area contributed by atoms with E-state index >= 15 is 0 Å². The molecule has 0 radical (unpaired) electrons. The van der Waals surface area contributed by atoms with Crippen molar-refractivity contribution in [2.75, 3.05) is 0 Å². The summed E-state index contributed by atoms with van der Waals surface area (Å²) in [6.45, 7) is 0. The second-order valence-corrected chi connectivity index (χ2v) is 3.71. The van der Waals surface area contributed by atoms with Gasteiger partial charge in [0.05, 0.1) is 5.56 Å². The molecule has 0 aliphatic carbocycles. The van der Waals surface area contributed by atoms with Gasteiger partial charge in [0.2, 0.25) is 0 Å². The van der Waals surface area contributed by atoms with Crippen molar-refractivity contribution in [3.8, 4) is 16.9 Å². The van der Waals surface area contributed by atoms with Crippen LogP contribution in [-0.2, 0) is 6.18 Å². The number of phenolic OH excluding ortho intramolecular Hbond substituents is 1. The average Bonchev–Trinajstić information content (AvgIpc) is 2.29. The van der Waals surface area contributed by atoms with Crippen molar-refractivity contribution in [1.29, 1.82) is 0 Å². The topological polar surface area (TPSA) is 20.2 Å². The Bertz CT molecular complexity index is 575. The molecule has 0 amide bonds. The third-order valence-electron chi connectivity index (χ3n) is 2.49. The predicted octanol–water partition coefficient (Wildman–Crippen LogP) is 4.22. The standard InChI is InChI=1S/C13H8F4O/c14-11-6-5-8(7-10(11)13(15,16)17)9-3-1-2-4-12(9)18/h1-7,18H. The maximum Gasteiger partial charge on any atom is 0.419 e. The van der Waals surface area contributed by atoms with E-state index in [0.29, 0.717) is 6.07 Å². The third-order valence-corrected chi connectivity index (χ3v) is 2.49. The van der Waals surface area contributed by atoms with Crippen LogP contribution in [0, 0.1) is 5.82 Å². The number of phenols is 1. The molecule has 2 aromatic carbocycles. The van der Waals surface area contributed by atoms with E-state index in [9.17, 15) is 22.7 Å². The molecule has 0 atom stereocenters. The Hall–Kier alpha value is -2.04. The van der Waals surface area contributed by atoms with E-state index in [1.807, 2.05) is 0 Å². The molecule has 0 spiro atoms. The van der Waals surface area contributed by atoms with Gasteiger partial charge in [0.25, 0.3) is 0 Å². The molecule has 0 bridgehead atoms. The summed E-state index contributed by atoms with van der Waals surface area (Å²) in [4.78, 5) is 0. The van der Waals surface area contributed by atoms with Crippen molar-refractivity contribution < 1.29 is 22.7 Å². The fourth-order valence-corrected chi connectivity index (χ4v) is 1.63. The number of rotatable bonds is 1. The lowest BCUT2D eigenvalue weighted by molar-refractivity contribution is -0.139. The molecule has 0 heterocycles. The molecular formula is C13H8F4O. The van der Waals surface area contributed by atoms with Crippen molar-refractivity contribution in [3.05, 3.63) is 53.8 Å². The van der Waals surface area contributed by atoms with Crippen LogP contribution in [0.4, 0.5) is 17.6 Å². The lowest BCUT2D eigenvalue weighted by Crippen LogP contribution is -2.08. The number of alkyl halides is 3. The van der Waals surface area contributed by atoms with Gasteiger partial charge >= 0.3 is 6.18 Å². The lowest BCUT2D eigenvalue weighted by atomic mass is 10.0. The molecule has 94 valence electrons. The van der Waals surface area contributed by atoms with Gasteiger partial charge in [-0.15, -0.1) is 0 Å². The first-order valence-electron chi connectivity index (χ1n) is 5.04. The molecule has 0 aliphatic heterocycles. The summed E-state index contributed by atoms with van der Waals surface area (Å²) in [5.74, 6) is -1.49. The molecule has 18 heavy (non-hydrogen) atoms. The molecule has 5 heteroatoms. The largest absolute Gasteiger partial charge is 0.507 e. The smallest absolute Gasteiger partial charge is 0.419 e. The fourth-order valence-electron chi connectivity index (χ4n) is 1.63. The number of para-hydroxylation sites is 1. The monoisotopic (exact) mass is 256 g/mol. The molecular weight excluding hydrogens is 248 g/mol. The molecule has 1 nitrogen and oxygen atoms in total. The van der Waals surface area contributed by atoms with Crippen LogP contribution in [0.2, 0.25) is 0 Å². The number of halogens is 4. The van der Waals surface area contributed by atoms with Gasteiger partial charge in [-0.05, 0) is 23.8 Å². The molecule has 0 saturated heterocycles. The second kappa shape index (κ2) is 4.33. The second-order valence-electron chi connectivity index (χ2n) is 3.71. The van der Waals surface area contributed by atoms with Crippen LogP contribution in [0.5, 0.6) is 5.75 Å². The summed E-state index contributed by atoms with van der Waals surface area (Å²) < 4.78 is 50.7. The van der Waals surface area contributed by atoms with Gasteiger partial charge < -0.3 is 5.11 Å². The minimum absolute atomic E-state index is 0.113. The lowest BCUT2D eigenvalue weighted by Gasteiger charge is -2.11. The van der Waals surface area contributed by atoms with Crippen molar-refractivity contribution in [1.82, 2.24) is 0 Å². The zero-order valence-electron chi connectivity index (χ0n) is 9.00. The first-order valence-corrected chi connectivity index (χ1v) is 5.04. The average molecular weight is 256 g/mol. The fraction of sp³-hybridized carbons (Fsp3) is 0.0769. The van der Waals surface area contributed by atoms with Crippen LogP contribution < -0.4 is 0 Å². The summed E-state index contributed by atoms with van der Waals surface area (Å²) >= 11 is 0. The Morgan fingerprint density at radius 3 is 2.22 bits per heavy atom. The van der Waals surface area contributed by atoms with Crippen LogP contribution in [0.1, 0.15) is 5.56 Å². The number of aromatic hydroxyl groups is 1. The van der Waals surface area contributed by atoms with Crippen molar-refractivity contribution in [2.24, 2.45) is 0 Å². The Balaban J connectivity index is 2.58. The molecule has 0 fully saturated rings. The Morgan fingerprint density at radius 2 is 1.61 bits per heavy atom. The number of hydrogen-bond donors (Lipinski definition) is 1. The normalized spacial score (nSPS) is 11.6. The first kappa shape index (κ1) is 12.4. The molecule has 0 unspecified atom stereocenters. The highest BCUT2D eigenvalue weighted by Crippen LogP contribution is 2.36. The zero-order valence-corrected chi connectivity index (χ0v) is 9.00. The number of benzene rings is 2. The molecule has 2 rings (SSSR count). The highest BCUT2D eigenvalue weighted by molar-refractivity contribution is 5.70. The van der Waals surface area contributed by atoms with Crippen LogP contribution in [-0.4, -0.2) is 5.11 Å². The van der Waals surface area contributed by atoms with E-state index in [1.165, 1.54) is 18.2 Å². The van der Waals surface area contributed by atoms with E-state index in [2.05, 4.69) is 0 Å². The summed E-state index contributed by atoms with van der Waals surface area (Å²) in [6.07, 6.45) is -4.76. The van der Waals surface area contributed by atoms with E-state index in [0.717, 1.165) is 6.07 Å². The minimum atomic E-state index is -4.76. The summed E-state index contributed by atoms with van der Waals surface area (Å²) in [6, 6.07) is 8.56. The van der Waals surface area contributed by atoms with Gasteiger partial charge in [-0.25, -0.2) is 4.39 Å². The molecule has 0 saturated carbocycles. The van der Waals surface area contributed by atoms with Crippen LogP contribution in [0.25, 0.3) is 11.1 Å². The van der Waals surface area contributed by atoms with Gasteiger partial charge in [0.15, 0.2) is 0 Å². The van der Waals surface area contributed by atoms with Crippen molar-refractivity contribution in [3.63, 3.8) is 0 Å². The SMILES string of the molecule is Oc1ccccc1-c1ccc(F)c(C(F)(F)F)c1. The first-order chi connectivity index (χ1) is 8.39. The summed E-state index contributed by atoms with van der Waals surface area (Å²) in [5, 5.41) is 9.55. The van der Waals surface area contributed by atoms with Crippen LogP contribution in [0.3, 0.4) is 0 Å². The van der Waals surface area contributed by atoms with Crippen molar-refractivity contribution >= 4 is 0 Å². The van der Waals surface area contributed by atoms with Gasteiger partial charge in [-0.1, -0.05) is 24.3 Å². The van der Waals surface area contributed by atoms with E-state index in [1.54, 1.807) is 12.1 Å². The summed E-state index contributed by atoms with van der Waals surface area (Å²) in [5.41, 5.74) is -1.01. The Morgan fingerprint density at radius 1 is 0.944 bits per heavy atom. The zero-order chi connectivity index (χ0) is 13.3. The van der Waals surface area contributed by atoms with Gasteiger partial charge in [-0.3, -0.25) is 0 Å². The van der Waals surface area contributed by atoms with Crippen molar-refractivity contribution in [2.45, 2.75) is 6.18 Å². The maximum absolute atomic E-state index is 13.1. The molecule has 0 aliphatic rings. The summed E-state index contributed by atoms with van der Waals surface area (Å²) in [7, 11) is 0. The van der Waals surface area contributed by atoms with Gasteiger partial charge in [-0.2, -0.15) is 13.2 Å². The minimum Gasteiger partial charge on any atom is -0.507 e. The molecule has 0 aromatic heterocycles. The maximum atomic E-state index is 13.1.